The van der Waals surface area contributed by atoms with Crippen LogP contribution in [0.4, 0.5) is 0 Å². The Bertz CT molecular complexity index is 517. The first-order valence-electron chi connectivity index (χ1n) is 6.16. The van der Waals surface area contributed by atoms with Crippen LogP contribution in [0, 0.1) is 5.92 Å². The summed E-state index contributed by atoms with van der Waals surface area (Å²) in [5.74, 6) is 0.871. The maximum Gasteiger partial charge on any atom is 0.0449 e. The van der Waals surface area contributed by atoms with Crippen LogP contribution >= 0.6 is 22.7 Å². The second-order valence-corrected chi connectivity index (χ2v) is 6.78. The standard InChI is InChI=1S/C15H16S2/c1-11-4-6-12(7-5-11)13-8-9-15(17-13)14-3-2-10-16-14/h2-3,6,8-11H,4-5,7H2,1H3. The number of thiophene rings is 2. The minimum atomic E-state index is 0.871. The van der Waals surface area contributed by atoms with E-state index in [0.29, 0.717) is 0 Å². The van der Waals surface area contributed by atoms with Crippen molar-refractivity contribution in [2.75, 3.05) is 0 Å². The molecule has 0 saturated heterocycles. The lowest BCUT2D eigenvalue weighted by molar-refractivity contribution is 0.534. The van der Waals surface area contributed by atoms with Crippen LogP contribution < -0.4 is 0 Å². The monoisotopic (exact) mass is 260 g/mol. The van der Waals surface area contributed by atoms with Crippen LogP contribution in [-0.2, 0) is 0 Å². The number of allylic oxidation sites excluding steroid dienone is 2. The van der Waals surface area contributed by atoms with E-state index in [-0.39, 0.29) is 0 Å². The first-order valence-corrected chi connectivity index (χ1v) is 7.85. The van der Waals surface area contributed by atoms with Crippen molar-refractivity contribution in [1.29, 1.82) is 0 Å². The molecule has 0 amide bonds. The predicted molar refractivity (Wildman–Crippen MR) is 78.6 cm³/mol. The van der Waals surface area contributed by atoms with Gasteiger partial charge in [-0.05, 0) is 54.3 Å². The maximum atomic E-state index is 2.44. The summed E-state index contributed by atoms with van der Waals surface area (Å²) in [7, 11) is 0. The summed E-state index contributed by atoms with van der Waals surface area (Å²) in [5.41, 5.74) is 1.57. The highest BCUT2D eigenvalue weighted by Crippen LogP contribution is 2.38. The van der Waals surface area contributed by atoms with E-state index in [9.17, 15) is 0 Å². The van der Waals surface area contributed by atoms with Crippen molar-refractivity contribution in [3.8, 4) is 9.75 Å². The van der Waals surface area contributed by atoms with Gasteiger partial charge in [0.2, 0.25) is 0 Å². The fourth-order valence-electron chi connectivity index (χ4n) is 2.25. The lowest BCUT2D eigenvalue weighted by Crippen LogP contribution is -1.99. The molecule has 0 N–H and O–H groups in total. The highest BCUT2D eigenvalue weighted by Gasteiger charge is 2.13. The highest BCUT2D eigenvalue weighted by atomic mass is 32.1. The van der Waals surface area contributed by atoms with E-state index in [1.54, 1.807) is 5.57 Å². The van der Waals surface area contributed by atoms with Crippen LogP contribution in [0.2, 0.25) is 0 Å². The van der Waals surface area contributed by atoms with Crippen LogP contribution in [-0.4, -0.2) is 0 Å². The van der Waals surface area contributed by atoms with Gasteiger partial charge in [-0.3, -0.25) is 0 Å². The summed E-state index contributed by atoms with van der Waals surface area (Å²) in [6, 6.07) is 8.89. The van der Waals surface area contributed by atoms with Crippen molar-refractivity contribution in [2.45, 2.75) is 26.2 Å². The van der Waals surface area contributed by atoms with Crippen molar-refractivity contribution in [2.24, 2.45) is 5.92 Å². The van der Waals surface area contributed by atoms with Crippen molar-refractivity contribution >= 4 is 28.2 Å². The van der Waals surface area contributed by atoms with Crippen molar-refractivity contribution < 1.29 is 0 Å². The number of hydrogen-bond acceptors (Lipinski definition) is 2. The largest absolute Gasteiger partial charge is 0.143 e. The summed E-state index contributed by atoms with van der Waals surface area (Å²) in [4.78, 5) is 4.28. The molecule has 1 aliphatic carbocycles. The van der Waals surface area contributed by atoms with E-state index < -0.39 is 0 Å². The van der Waals surface area contributed by atoms with Crippen LogP contribution in [0.15, 0.2) is 35.7 Å². The summed E-state index contributed by atoms with van der Waals surface area (Å²) in [5, 5.41) is 2.15. The zero-order chi connectivity index (χ0) is 11.7. The van der Waals surface area contributed by atoms with Gasteiger partial charge in [0, 0.05) is 14.6 Å². The molecule has 1 unspecified atom stereocenters. The molecule has 2 aromatic rings. The Morgan fingerprint density at radius 1 is 1.12 bits per heavy atom. The summed E-state index contributed by atoms with van der Waals surface area (Å²) >= 11 is 3.77. The smallest absolute Gasteiger partial charge is 0.0449 e. The normalized spacial score (nSPS) is 20.3. The third kappa shape index (κ3) is 2.38. The molecule has 2 aromatic heterocycles. The Balaban J connectivity index is 1.86. The first-order chi connectivity index (χ1) is 8.33. The van der Waals surface area contributed by atoms with Gasteiger partial charge >= 0.3 is 0 Å². The zero-order valence-corrected chi connectivity index (χ0v) is 11.6. The maximum absolute atomic E-state index is 2.44. The first kappa shape index (κ1) is 11.2. The second kappa shape index (κ2) is 4.79. The van der Waals surface area contributed by atoms with E-state index in [1.165, 1.54) is 33.9 Å². The minimum absolute atomic E-state index is 0.871. The van der Waals surface area contributed by atoms with Gasteiger partial charge in [0.15, 0.2) is 0 Å². The van der Waals surface area contributed by atoms with E-state index >= 15 is 0 Å². The van der Waals surface area contributed by atoms with Gasteiger partial charge in [-0.2, -0.15) is 0 Å². The highest BCUT2D eigenvalue weighted by molar-refractivity contribution is 7.21. The third-order valence-electron chi connectivity index (χ3n) is 3.36. The zero-order valence-electron chi connectivity index (χ0n) is 9.98. The molecule has 0 fully saturated rings. The van der Waals surface area contributed by atoms with Gasteiger partial charge in [0.25, 0.3) is 0 Å². The van der Waals surface area contributed by atoms with Gasteiger partial charge in [-0.25, -0.2) is 0 Å². The fourth-order valence-corrected chi connectivity index (χ4v) is 4.16. The van der Waals surface area contributed by atoms with Crippen LogP contribution in [0.25, 0.3) is 15.3 Å². The molecule has 2 heteroatoms. The van der Waals surface area contributed by atoms with Crippen LogP contribution in [0.3, 0.4) is 0 Å². The van der Waals surface area contributed by atoms with Crippen LogP contribution in [0.1, 0.15) is 31.1 Å². The van der Waals surface area contributed by atoms with Crippen molar-refractivity contribution in [3.05, 3.63) is 40.6 Å². The molecule has 88 valence electrons. The molecule has 0 radical (unpaired) electrons. The topological polar surface area (TPSA) is 0 Å². The van der Waals surface area contributed by atoms with E-state index in [4.69, 9.17) is 0 Å². The second-order valence-electron chi connectivity index (χ2n) is 4.75. The molecule has 0 nitrogen and oxygen atoms in total. The van der Waals surface area contributed by atoms with Crippen LogP contribution in [0.5, 0.6) is 0 Å². The fraction of sp³-hybridized carbons (Fsp3) is 0.333. The average molecular weight is 260 g/mol. The van der Waals surface area contributed by atoms with E-state index in [0.717, 1.165) is 5.92 Å². The predicted octanol–water partition coefficient (Wildman–Crippen LogP) is 5.68. The van der Waals surface area contributed by atoms with Gasteiger partial charge in [-0.15, -0.1) is 22.7 Å². The quantitative estimate of drug-likeness (QED) is 0.651. The summed E-state index contributed by atoms with van der Waals surface area (Å²) in [6.07, 6.45) is 6.30. The Morgan fingerprint density at radius 3 is 2.71 bits per heavy atom. The van der Waals surface area contributed by atoms with E-state index in [1.807, 2.05) is 22.7 Å². The average Bonchev–Trinajstić information content (AvgIpc) is 3.00. The Hall–Kier alpha value is -0.860. The lowest BCUT2D eigenvalue weighted by Gasteiger charge is -2.17. The van der Waals surface area contributed by atoms with Gasteiger partial charge < -0.3 is 0 Å². The molecular formula is C15H16S2. The minimum Gasteiger partial charge on any atom is -0.143 e. The molecule has 0 bridgehead atoms. The number of hydrogen-bond donors (Lipinski definition) is 0. The Labute approximate surface area is 111 Å². The Morgan fingerprint density at radius 2 is 2.00 bits per heavy atom. The van der Waals surface area contributed by atoms with Crippen molar-refractivity contribution in [3.63, 3.8) is 0 Å². The van der Waals surface area contributed by atoms with Gasteiger partial charge in [0.1, 0.15) is 0 Å². The van der Waals surface area contributed by atoms with Gasteiger partial charge in [-0.1, -0.05) is 19.1 Å². The number of rotatable bonds is 2. The molecule has 3 rings (SSSR count). The summed E-state index contributed by atoms with van der Waals surface area (Å²) < 4.78 is 0. The summed E-state index contributed by atoms with van der Waals surface area (Å²) in [6.45, 7) is 2.35. The molecule has 0 spiro atoms. The molecule has 1 aliphatic rings. The molecule has 0 aliphatic heterocycles. The third-order valence-corrected chi connectivity index (χ3v) is 5.59. The van der Waals surface area contributed by atoms with Gasteiger partial charge in [0.05, 0.1) is 0 Å². The van der Waals surface area contributed by atoms with Crippen molar-refractivity contribution in [1.82, 2.24) is 0 Å². The molecule has 2 heterocycles. The molecule has 1 atom stereocenters. The SMILES string of the molecule is CC1CC=C(c2ccc(-c3cccs3)s2)CC1. The van der Waals surface area contributed by atoms with E-state index in [2.05, 4.69) is 42.6 Å². The molecule has 0 aromatic carbocycles. The molecule has 0 saturated carbocycles. The lowest BCUT2D eigenvalue weighted by atomic mass is 9.90. The molecule has 17 heavy (non-hydrogen) atoms. The Kier molecular flexibility index (Phi) is 3.17. The molecular weight excluding hydrogens is 244 g/mol.